The van der Waals surface area contributed by atoms with E-state index < -0.39 is 0 Å². The summed E-state index contributed by atoms with van der Waals surface area (Å²) in [6.45, 7) is 6.66. The average molecular weight is 207 g/mol. The zero-order valence-electron chi connectivity index (χ0n) is 10.1. The Morgan fingerprint density at radius 2 is 2.20 bits per heavy atom. The fourth-order valence-corrected chi connectivity index (χ4v) is 2.43. The summed E-state index contributed by atoms with van der Waals surface area (Å²) < 4.78 is 5.98. The summed E-state index contributed by atoms with van der Waals surface area (Å²) >= 11 is 0. The molecule has 0 aromatic carbocycles. The van der Waals surface area contributed by atoms with E-state index in [1.165, 1.54) is 24.2 Å². The highest BCUT2D eigenvalue weighted by Crippen LogP contribution is 2.37. The Hall–Kier alpha value is -0.760. The predicted molar refractivity (Wildman–Crippen MR) is 62.1 cm³/mol. The number of aryl methyl sites for hydroxylation is 1. The largest absolute Gasteiger partial charge is 0.464 e. The summed E-state index contributed by atoms with van der Waals surface area (Å²) in [5, 5.41) is 3.37. The molecule has 0 amide bonds. The van der Waals surface area contributed by atoms with Crippen molar-refractivity contribution in [1.82, 2.24) is 5.32 Å². The van der Waals surface area contributed by atoms with Gasteiger partial charge in [-0.25, -0.2) is 0 Å². The van der Waals surface area contributed by atoms with E-state index in [4.69, 9.17) is 4.42 Å². The van der Waals surface area contributed by atoms with Gasteiger partial charge in [-0.2, -0.15) is 0 Å². The van der Waals surface area contributed by atoms with Gasteiger partial charge >= 0.3 is 0 Å². The summed E-state index contributed by atoms with van der Waals surface area (Å²) in [5.41, 5.74) is 1.41. The molecule has 1 aromatic heterocycles. The first-order valence-electron chi connectivity index (χ1n) is 5.93. The van der Waals surface area contributed by atoms with Crippen LogP contribution in [0.25, 0.3) is 0 Å². The molecule has 1 heterocycles. The molecule has 0 aliphatic heterocycles. The van der Waals surface area contributed by atoms with Gasteiger partial charge in [-0.3, -0.25) is 0 Å². The van der Waals surface area contributed by atoms with Crippen molar-refractivity contribution in [2.45, 2.75) is 45.6 Å². The van der Waals surface area contributed by atoms with E-state index in [1.807, 2.05) is 7.05 Å². The van der Waals surface area contributed by atoms with Crippen LogP contribution in [-0.4, -0.2) is 7.05 Å². The summed E-state index contributed by atoms with van der Waals surface area (Å²) in [6.07, 6.45) is 2.43. The van der Waals surface area contributed by atoms with Crippen LogP contribution in [0.15, 0.2) is 10.5 Å². The molecular weight excluding hydrogens is 186 g/mol. The minimum absolute atomic E-state index is 0.404. The Morgan fingerprint density at radius 1 is 1.47 bits per heavy atom. The Balaban J connectivity index is 2.36. The summed E-state index contributed by atoms with van der Waals surface area (Å²) in [6, 6.07) is 2.65. The van der Waals surface area contributed by atoms with Crippen molar-refractivity contribution >= 4 is 0 Å². The maximum atomic E-state index is 5.98. The van der Waals surface area contributed by atoms with Gasteiger partial charge in [0.25, 0.3) is 0 Å². The van der Waals surface area contributed by atoms with Crippen LogP contribution in [0.3, 0.4) is 0 Å². The number of hydrogen-bond acceptors (Lipinski definition) is 2. The number of rotatable bonds is 2. The van der Waals surface area contributed by atoms with E-state index in [9.17, 15) is 0 Å². The minimum atomic E-state index is 0.404. The summed E-state index contributed by atoms with van der Waals surface area (Å²) in [5.74, 6) is 3.48. The van der Waals surface area contributed by atoms with Crippen molar-refractivity contribution in [2.24, 2.45) is 5.92 Å². The van der Waals surface area contributed by atoms with Crippen LogP contribution in [0.2, 0.25) is 0 Å². The molecular formula is C13H21NO. The Bertz CT molecular complexity index is 340. The topological polar surface area (TPSA) is 25.2 Å². The van der Waals surface area contributed by atoms with Crippen molar-refractivity contribution < 1.29 is 4.42 Å². The monoisotopic (exact) mass is 207 g/mol. The lowest BCUT2D eigenvalue weighted by molar-refractivity contribution is 0.295. The summed E-state index contributed by atoms with van der Waals surface area (Å²) in [4.78, 5) is 0. The number of furan rings is 1. The molecule has 0 spiro atoms. The fourth-order valence-electron chi connectivity index (χ4n) is 2.43. The fraction of sp³-hybridized carbons (Fsp3) is 0.692. The lowest BCUT2D eigenvalue weighted by Crippen LogP contribution is -2.27. The summed E-state index contributed by atoms with van der Waals surface area (Å²) in [7, 11) is 2.02. The molecule has 84 valence electrons. The quantitative estimate of drug-likeness (QED) is 0.805. The molecule has 2 nitrogen and oxygen atoms in total. The van der Waals surface area contributed by atoms with Crippen LogP contribution in [0, 0.1) is 5.92 Å². The van der Waals surface area contributed by atoms with Crippen LogP contribution < -0.4 is 5.32 Å². The van der Waals surface area contributed by atoms with E-state index in [0.29, 0.717) is 17.9 Å². The Kier molecular flexibility index (Phi) is 2.87. The van der Waals surface area contributed by atoms with Gasteiger partial charge in [-0.1, -0.05) is 20.8 Å². The molecule has 0 fully saturated rings. The van der Waals surface area contributed by atoms with Gasteiger partial charge in [0.15, 0.2) is 0 Å². The molecule has 0 bridgehead atoms. The zero-order chi connectivity index (χ0) is 11.0. The normalized spacial score (nSPS) is 25.7. The van der Waals surface area contributed by atoms with E-state index in [2.05, 4.69) is 32.2 Å². The maximum absolute atomic E-state index is 5.98. The van der Waals surface area contributed by atoms with Crippen LogP contribution in [0.4, 0.5) is 0 Å². The highest BCUT2D eigenvalue weighted by atomic mass is 16.3. The standard InChI is InChI=1S/C13H21NO/c1-8(2)11-7-10-6-5-9(3)12(14-4)13(10)15-11/h7-9,12,14H,5-6H2,1-4H3. The van der Waals surface area contributed by atoms with Crippen molar-refractivity contribution in [1.29, 1.82) is 0 Å². The van der Waals surface area contributed by atoms with Gasteiger partial charge in [0.1, 0.15) is 11.5 Å². The minimum Gasteiger partial charge on any atom is -0.464 e. The molecule has 15 heavy (non-hydrogen) atoms. The molecule has 1 N–H and O–H groups in total. The molecule has 0 saturated heterocycles. The third kappa shape index (κ3) is 1.83. The van der Waals surface area contributed by atoms with Crippen LogP contribution in [0.5, 0.6) is 0 Å². The third-order valence-corrected chi connectivity index (χ3v) is 3.46. The molecule has 1 aliphatic rings. The molecule has 2 unspecified atom stereocenters. The molecule has 2 atom stereocenters. The first-order valence-corrected chi connectivity index (χ1v) is 5.93. The van der Waals surface area contributed by atoms with Crippen LogP contribution in [-0.2, 0) is 6.42 Å². The van der Waals surface area contributed by atoms with Crippen molar-refractivity contribution in [3.8, 4) is 0 Å². The third-order valence-electron chi connectivity index (χ3n) is 3.46. The molecule has 0 radical (unpaired) electrons. The number of hydrogen-bond donors (Lipinski definition) is 1. The SMILES string of the molecule is CNC1c2oc(C(C)C)cc2CCC1C. The van der Waals surface area contributed by atoms with E-state index in [1.54, 1.807) is 0 Å². The van der Waals surface area contributed by atoms with Gasteiger partial charge < -0.3 is 9.73 Å². The van der Waals surface area contributed by atoms with E-state index in [0.717, 1.165) is 5.76 Å². The van der Waals surface area contributed by atoms with Gasteiger partial charge in [-0.05, 0) is 37.4 Å². The number of nitrogens with one attached hydrogen (secondary N) is 1. The second-order valence-corrected chi connectivity index (χ2v) is 4.98. The average Bonchev–Trinajstić information content (AvgIpc) is 2.61. The van der Waals surface area contributed by atoms with Gasteiger partial charge in [-0.15, -0.1) is 0 Å². The Labute approximate surface area is 92.1 Å². The molecule has 2 heteroatoms. The Morgan fingerprint density at radius 3 is 2.80 bits per heavy atom. The highest BCUT2D eigenvalue weighted by molar-refractivity contribution is 5.28. The second kappa shape index (κ2) is 4.01. The molecule has 1 aromatic rings. The highest BCUT2D eigenvalue weighted by Gasteiger charge is 2.29. The van der Waals surface area contributed by atoms with Crippen molar-refractivity contribution in [2.75, 3.05) is 7.05 Å². The molecule has 1 aliphatic carbocycles. The van der Waals surface area contributed by atoms with E-state index >= 15 is 0 Å². The lowest BCUT2D eigenvalue weighted by Gasteiger charge is -2.27. The van der Waals surface area contributed by atoms with Gasteiger partial charge in [0, 0.05) is 5.92 Å². The van der Waals surface area contributed by atoms with Crippen LogP contribution in [0.1, 0.15) is 56.2 Å². The first kappa shape index (κ1) is 10.7. The number of fused-ring (bicyclic) bond motifs is 1. The van der Waals surface area contributed by atoms with Crippen LogP contribution >= 0.6 is 0 Å². The lowest BCUT2D eigenvalue weighted by atomic mass is 9.85. The van der Waals surface area contributed by atoms with Crippen molar-refractivity contribution in [3.63, 3.8) is 0 Å². The van der Waals surface area contributed by atoms with Crippen molar-refractivity contribution in [3.05, 3.63) is 23.2 Å². The molecule has 0 saturated carbocycles. The predicted octanol–water partition coefficient (Wildman–Crippen LogP) is 3.25. The zero-order valence-corrected chi connectivity index (χ0v) is 10.1. The van der Waals surface area contributed by atoms with Gasteiger partial charge in [0.2, 0.25) is 0 Å². The van der Waals surface area contributed by atoms with E-state index in [-0.39, 0.29) is 0 Å². The maximum Gasteiger partial charge on any atom is 0.124 e. The first-order chi connectivity index (χ1) is 7.13. The smallest absolute Gasteiger partial charge is 0.124 e. The molecule has 2 rings (SSSR count). The van der Waals surface area contributed by atoms with Gasteiger partial charge in [0.05, 0.1) is 6.04 Å². The second-order valence-electron chi connectivity index (χ2n) is 4.98.